The quantitative estimate of drug-likeness (QED) is 0.731. The zero-order valence-corrected chi connectivity index (χ0v) is 14.8. The maximum Gasteiger partial charge on any atom is 0.275 e. The summed E-state index contributed by atoms with van der Waals surface area (Å²) in [4.78, 5) is 16.8. The molecule has 7 nitrogen and oxygen atoms in total. The minimum atomic E-state index is -0.316. The van der Waals surface area contributed by atoms with Crippen molar-refractivity contribution in [3.63, 3.8) is 0 Å². The molecule has 0 saturated heterocycles. The molecule has 2 heterocycles. The van der Waals surface area contributed by atoms with Gasteiger partial charge in [-0.1, -0.05) is 0 Å². The summed E-state index contributed by atoms with van der Waals surface area (Å²) in [6.07, 6.45) is 3.75. The molecule has 1 amide bonds. The fourth-order valence-corrected chi connectivity index (χ4v) is 3.07. The van der Waals surface area contributed by atoms with Gasteiger partial charge < -0.3 is 24.1 Å². The summed E-state index contributed by atoms with van der Waals surface area (Å²) < 4.78 is 17.7. The van der Waals surface area contributed by atoms with Gasteiger partial charge >= 0.3 is 0 Å². The maximum absolute atomic E-state index is 12.5. The predicted octanol–water partition coefficient (Wildman–Crippen LogP) is 3.21. The van der Waals surface area contributed by atoms with E-state index in [9.17, 15) is 4.79 Å². The van der Waals surface area contributed by atoms with Crippen LogP contribution in [0.2, 0.25) is 0 Å². The van der Waals surface area contributed by atoms with Crippen molar-refractivity contribution in [1.29, 1.82) is 0 Å². The predicted molar refractivity (Wildman–Crippen MR) is 95.5 cm³/mol. The van der Waals surface area contributed by atoms with Gasteiger partial charge in [0, 0.05) is 35.6 Å². The number of nitrogens with one attached hydrogen (secondary N) is 1. The molecule has 130 valence electrons. The number of nitrogens with zero attached hydrogens (tertiary/aromatic N) is 2. The molecule has 2 aromatic heterocycles. The van der Waals surface area contributed by atoms with Crippen molar-refractivity contribution in [3.05, 3.63) is 47.7 Å². The van der Waals surface area contributed by atoms with Crippen molar-refractivity contribution < 1.29 is 19.0 Å². The number of hydrogen-bond donors (Lipinski definition) is 1. The highest BCUT2D eigenvalue weighted by atomic mass is 32.1. The molecule has 25 heavy (non-hydrogen) atoms. The van der Waals surface area contributed by atoms with Gasteiger partial charge in [-0.05, 0) is 12.1 Å². The zero-order chi connectivity index (χ0) is 17.8. The molecule has 3 rings (SSSR count). The molecule has 0 aliphatic heterocycles. The van der Waals surface area contributed by atoms with Gasteiger partial charge in [-0.3, -0.25) is 4.79 Å². The molecule has 3 aromatic rings. The van der Waals surface area contributed by atoms with E-state index in [2.05, 4.69) is 10.3 Å². The highest BCUT2D eigenvalue weighted by Gasteiger charge is 2.16. The number of ether oxygens (including phenoxy) is 3. The van der Waals surface area contributed by atoms with Gasteiger partial charge in [-0.2, -0.15) is 0 Å². The van der Waals surface area contributed by atoms with Crippen molar-refractivity contribution >= 4 is 22.9 Å². The Hall–Kier alpha value is -3.00. The lowest BCUT2D eigenvalue weighted by Crippen LogP contribution is -2.13. The summed E-state index contributed by atoms with van der Waals surface area (Å²) in [6.45, 7) is 0. The largest absolute Gasteiger partial charge is 0.493 e. The number of carbonyl (C=O) groups is 1. The van der Waals surface area contributed by atoms with Crippen molar-refractivity contribution in [2.45, 2.75) is 0 Å². The molecule has 0 aliphatic rings. The zero-order valence-electron chi connectivity index (χ0n) is 14.0. The van der Waals surface area contributed by atoms with Crippen LogP contribution in [0.5, 0.6) is 17.2 Å². The Labute approximate surface area is 148 Å². The van der Waals surface area contributed by atoms with E-state index in [1.807, 2.05) is 29.1 Å². The lowest BCUT2D eigenvalue weighted by Gasteiger charge is -2.14. The number of anilines is 1. The Morgan fingerprint density at radius 3 is 2.28 bits per heavy atom. The van der Waals surface area contributed by atoms with Crippen LogP contribution in [0.15, 0.2) is 42.0 Å². The lowest BCUT2D eigenvalue weighted by atomic mass is 10.2. The van der Waals surface area contributed by atoms with Crippen LogP contribution in [0.3, 0.4) is 0 Å². The number of amides is 1. The molecule has 0 bridgehead atoms. The summed E-state index contributed by atoms with van der Waals surface area (Å²) in [5.41, 5.74) is 0.859. The molecule has 0 radical (unpaired) electrons. The smallest absolute Gasteiger partial charge is 0.275 e. The fourth-order valence-electron chi connectivity index (χ4n) is 2.30. The Balaban J connectivity index is 1.83. The van der Waals surface area contributed by atoms with E-state index in [1.54, 1.807) is 17.5 Å². The molecule has 8 heteroatoms. The first kappa shape index (κ1) is 16.8. The van der Waals surface area contributed by atoms with Crippen LogP contribution < -0.4 is 19.5 Å². The van der Waals surface area contributed by atoms with Gasteiger partial charge in [-0.25, -0.2) is 4.98 Å². The SMILES string of the molecule is COc1cc(NC(=O)c2csc(-n3cccc3)n2)cc(OC)c1OC. The molecule has 0 unspecified atom stereocenters. The van der Waals surface area contributed by atoms with Crippen LogP contribution >= 0.6 is 11.3 Å². The normalized spacial score (nSPS) is 10.4. The Morgan fingerprint density at radius 2 is 1.72 bits per heavy atom. The number of rotatable bonds is 6. The highest BCUT2D eigenvalue weighted by Crippen LogP contribution is 2.40. The van der Waals surface area contributed by atoms with E-state index in [0.717, 1.165) is 5.13 Å². The van der Waals surface area contributed by atoms with Crippen LogP contribution in [0.4, 0.5) is 5.69 Å². The molecular formula is C17H17N3O4S. The average Bonchev–Trinajstić information content (AvgIpc) is 3.31. The first-order valence-corrected chi connectivity index (χ1v) is 8.24. The number of aromatic nitrogens is 2. The van der Waals surface area contributed by atoms with Crippen LogP contribution in [0.25, 0.3) is 5.13 Å². The Bertz CT molecular complexity index is 849. The van der Waals surface area contributed by atoms with Crippen LogP contribution in [0, 0.1) is 0 Å². The second-order valence-electron chi connectivity index (χ2n) is 4.97. The van der Waals surface area contributed by atoms with Crippen molar-refractivity contribution in [2.24, 2.45) is 0 Å². The third-order valence-electron chi connectivity index (χ3n) is 3.47. The van der Waals surface area contributed by atoms with Crippen LogP contribution in [-0.2, 0) is 0 Å². The van der Waals surface area contributed by atoms with E-state index in [0.29, 0.717) is 28.6 Å². The number of methoxy groups -OCH3 is 3. The molecule has 1 aromatic carbocycles. The summed E-state index contributed by atoms with van der Waals surface area (Å²) in [6, 6.07) is 7.13. The topological polar surface area (TPSA) is 74.6 Å². The fraction of sp³-hybridized carbons (Fsp3) is 0.176. The second kappa shape index (κ2) is 7.27. The lowest BCUT2D eigenvalue weighted by molar-refractivity contribution is 0.102. The van der Waals surface area contributed by atoms with Gasteiger partial charge in [0.05, 0.1) is 21.3 Å². The maximum atomic E-state index is 12.5. The van der Waals surface area contributed by atoms with Gasteiger partial charge in [0.2, 0.25) is 5.75 Å². The monoisotopic (exact) mass is 359 g/mol. The van der Waals surface area contributed by atoms with Gasteiger partial charge in [-0.15, -0.1) is 11.3 Å². The minimum Gasteiger partial charge on any atom is -0.493 e. The third kappa shape index (κ3) is 3.43. The molecule has 1 N–H and O–H groups in total. The Morgan fingerprint density at radius 1 is 1.08 bits per heavy atom. The first-order chi connectivity index (χ1) is 12.2. The van der Waals surface area contributed by atoms with E-state index >= 15 is 0 Å². The third-order valence-corrected chi connectivity index (χ3v) is 4.33. The number of benzene rings is 1. The van der Waals surface area contributed by atoms with E-state index in [4.69, 9.17) is 14.2 Å². The molecule has 0 spiro atoms. The standard InChI is InChI=1S/C17H17N3O4S/c1-22-13-8-11(9-14(23-2)15(13)24-3)18-16(21)12-10-25-17(19-12)20-6-4-5-7-20/h4-10H,1-3H3,(H,18,21). The summed E-state index contributed by atoms with van der Waals surface area (Å²) >= 11 is 1.39. The van der Waals surface area contributed by atoms with E-state index in [-0.39, 0.29) is 5.91 Å². The molecule has 0 atom stereocenters. The van der Waals surface area contributed by atoms with Gasteiger partial charge in [0.15, 0.2) is 16.6 Å². The van der Waals surface area contributed by atoms with Gasteiger partial charge in [0.25, 0.3) is 5.91 Å². The first-order valence-electron chi connectivity index (χ1n) is 7.36. The van der Waals surface area contributed by atoms with E-state index < -0.39 is 0 Å². The van der Waals surface area contributed by atoms with Crippen molar-refractivity contribution in [2.75, 3.05) is 26.6 Å². The molecule has 0 aliphatic carbocycles. The molecule has 0 fully saturated rings. The van der Waals surface area contributed by atoms with Gasteiger partial charge in [0.1, 0.15) is 5.69 Å². The number of carbonyl (C=O) groups excluding carboxylic acids is 1. The number of thiazole rings is 1. The Kier molecular flexibility index (Phi) is 4.90. The summed E-state index contributed by atoms with van der Waals surface area (Å²) in [5, 5.41) is 5.23. The molecule has 0 saturated carbocycles. The average molecular weight is 359 g/mol. The van der Waals surface area contributed by atoms with Crippen molar-refractivity contribution in [1.82, 2.24) is 9.55 Å². The van der Waals surface area contributed by atoms with Crippen molar-refractivity contribution in [3.8, 4) is 22.4 Å². The van der Waals surface area contributed by atoms with Crippen LogP contribution in [-0.4, -0.2) is 36.8 Å². The second-order valence-corrected chi connectivity index (χ2v) is 5.81. The summed E-state index contributed by atoms with van der Waals surface area (Å²) in [7, 11) is 4.57. The number of hydrogen-bond acceptors (Lipinski definition) is 6. The molecular weight excluding hydrogens is 342 g/mol. The van der Waals surface area contributed by atoms with Crippen LogP contribution in [0.1, 0.15) is 10.5 Å². The minimum absolute atomic E-state index is 0.316. The van der Waals surface area contributed by atoms with E-state index in [1.165, 1.54) is 32.7 Å². The highest BCUT2D eigenvalue weighted by molar-refractivity contribution is 7.12. The summed E-state index contributed by atoms with van der Waals surface area (Å²) in [5.74, 6) is 1.07.